The highest BCUT2D eigenvalue weighted by molar-refractivity contribution is 7.89. The molecule has 1 aromatic carbocycles. The number of nitrogens with zero attached hydrogens (tertiary/aromatic N) is 2. The van der Waals surface area contributed by atoms with E-state index in [1.807, 2.05) is 6.92 Å². The van der Waals surface area contributed by atoms with Crippen molar-refractivity contribution in [3.8, 4) is 0 Å². The molecule has 0 unspecified atom stereocenters. The Labute approximate surface area is 141 Å². The summed E-state index contributed by atoms with van der Waals surface area (Å²) in [5.41, 5.74) is 0.211. The maximum Gasteiger partial charge on any atom is 0.270 e. The van der Waals surface area contributed by atoms with Crippen molar-refractivity contribution in [3.63, 3.8) is 0 Å². The molecule has 1 heterocycles. The van der Waals surface area contributed by atoms with Crippen LogP contribution in [0.4, 0.5) is 5.69 Å². The number of hydrogen-bond acceptors (Lipinski definition) is 5. The van der Waals surface area contributed by atoms with E-state index in [9.17, 15) is 23.3 Å². The van der Waals surface area contributed by atoms with Crippen LogP contribution >= 0.6 is 0 Å². The van der Waals surface area contributed by atoms with Crippen LogP contribution in [0.3, 0.4) is 0 Å². The number of non-ortho nitro benzene ring substituents is 1. The fourth-order valence-electron chi connectivity index (χ4n) is 2.80. The Morgan fingerprint density at radius 2 is 2.00 bits per heavy atom. The van der Waals surface area contributed by atoms with E-state index in [-0.39, 0.29) is 35.5 Å². The van der Waals surface area contributed by atoms with Gasteiger partial charge in [-0.15, -0.1) is 0 Å². The van der Waals surface area contributed by atoms with E-state index in [0.29, 0.717) is 24.9 Å². The average Bonchev–Trinajstić information content (AvgIpc) is 2.55. The average molecular weight is 355 g/mol. The minimum Gasteiger partial charge on any atom is -0.356 e. The Balaban J connectivity index is 2.19. The Hall–Kier alpha value is -2.00. The molecule has 0 aromatic heterocycles. The second-order valence-corrected chi connectivity index (χ2v) is 7.69. The summed E-state index contributed by atoms with van der Waals surface area (Å²) in [4.78, 5) is 22.1. The van der Waals surface area contributed by atoms with Gasteiger partial charge in [0.2, 0.25) is 15.9 Å². The Bertz CT molecular complexity index is 739. The summed E-state index contributed by atoms with van der Waals surface area (Å²) in [6.07, 6.45) is 0.887. The van der Waals surface area contributed by atoms with Crippen LogP contribution < -0.4 is 5.32 Å². The molecule has 1 aliphatic rings. The summed E-state index contributed by atoms with van der Waals surface area (Å²) in [6, 6.07) is 3.82. The highest BCUT2D eigenvalue weighted by Gasteiger charge is 2.33. The standard InChI is InChI=1S/C15H21N3O5S/c1-3-16-15(19)12-6-8-17(9-7-12)24(22,23)14-10-13(18(20)21)5-4-11(14)2/h4-5,10,12H,3,6-9H2,1-2H3,(H,16,19). The number of nitrogens with one attached hydrogen (secondary N) is 1. The molecule has 1 aromatic rings. The van der Waals surface area contributed by atoms with Gasteiger partial charge in [-0.2, -0.15) is 4.31 Å². The van der Waals surface area contributed by atoms with Crippen molar-refractivity contribution in [2.24, 2.45) is 5.92 Å². The van der Waals surface area contributed by atoms with E-state index < -0.39 is 14.9 Å². The molecule has 1 N–H and O–H groups in total. The topological polar surface area (TPSA) is 110 Å². The summed E-state index contributed by atoms with van der Waals surface area (Å²) in [5, 5.41) is 13.6. The molecule has 1 saturated heterocycles. The third-order valence-corrected chi connectivity index (χ3v) is 6.22. The van der Waals surface area contributed by atoms with Crippen molar-refractivity contribution < 1.29 is 18.1 Å². The zero-order chi connectivity index (χ0) is 17.9. The monoisotopic (exact) mass is 355 g/mol. The number of hydrogen-bond donors (Lipinski definition) is 1. The summed E-state index contributed by atoms with van der Waals surface area (Å²) in [5.74, 6) is -0.247. The molecule has 1 fully saturated rings. The Morgan fingerprint density at radius 1 is 1.38 bits per heavy atom. The molecule has 1 amide bonds. The molecule has 1 aliphatic heterocycles. The lowest BCUT2D eigenvalue weighted by atomic mass is 9.97. The van der Waals surface area contributed by atoms with Crippen molar-refractivity contribution in [1.29, 1.82) is 0 Å². The first-order valence-electron chi connectivity index (χ1n) is 7.80. The SMILES string of the molecule is CCNC(=O)C1CCN(S(=O)(=O)c2cc([N+](=O)[O-])ccc2C)CC1. The molecule has 132 valence electrons. The first-order valence-corrected chi connectivity index (χ1v) is 9.24. The van der Waals surface area contributed by atoms with Crippen molar-refractivity contribution >= 4 is 21.6 Å². The second-order valence-electron chi connectivity index (χ2n) is 5.78. The summed E-state index contributed by atoms with van der Waals surface area (Å²) >= 11 is 0. The largest absolute Gasteiger partial charge is 0.356 e. The number of aryl methyl sites for hydroxylation is 1. The van der Waals surface area contributed by atoms with Gasteiger partial charge in [0.15, 0.2) is 0 Å². The Morgan fingerprint density at radius 3 is 2.54 bits per heavy atom. The van der Waals surface area contributed by atoms with E-state index in [1.54, 1.807) is 6.92 Å². The van der Waals surface area contributed by atoms with Gasteiger partial charge in [-0.05, 0) is 32.3 Å². The van der Waals surface area contributed by atoms with Gasteiger partial charge in [-0.1, -0.05) is 6.07 Å². The number of piperidine rings is 1. The quantitative estimate of drug-likeness (QED) is 0.635. The van der Waals surface area contributed by atoms with Gasteiger partial charge in [-0.3, -0.25) is 14.9 Å². The molecule has 0 atom stereocenters. The van der Waals surface area contributed by atoms with E-state index in [1.165, 1.54) is 16.4 Å². The van der Waals surface area contributed by atoms with Gasteiger partial charge in [0.1, 0.15) is 0 Å². The zero-order valence-corrected chi connectivity index (χ0v) is 14.5. The van der Waals surface area contributed by atoms with Crippen molar-refractivity contribution in [2.45, 2.75) is 31.6 Å². The number of carbonyl (C=O) groups is 1. The molecule has 0 bridgehead atoms. The molecule has 0 spiro atoms. The highest BCUT2D eigenvalue weighted by atomic mass is 32.2. The van der Waals surface area contributed by atoms with Crippen LogP contribution in [0.25, 0.3) is 0 Å². The lowest BCUT2D eigenvalue weighted by Crippen LogP contribution is -2.43. The first kappa shape index (κ1) is 18.3. The Kier molecular flexibility index (Phi) is 5.55. The molecule has 9 heteroatoms. The number of carbonyl (C=O) groups excluding carboxylic acids is 1. The van der Waals surface area contributed by atoms with Crippen LogP contribution in [-0.4, -0.2) is 43.2 Å². The molecular weight excluding hydrogens is 334 g/mol. The minimum absolute atomic E-state index is 0.0480. The third-order valence-electron chi connectivity index (χ3n) is 4.18. The van der Waals surface area contributed by atoms with Crippen LogP contribution in [0.5, 0.6) is 0 Å². The second kappa shape index (κ2) is 7.27. The van der Waals surface area contributed by atoms with E-state index >= 15 is 0 Å². The van der Waals surface area contributed by atoms with Gasteiger partial charge in [0.25, 0.3) is 5.69 Å². The lowest BCUT2D eigenvalue weighted by Gasteiger charge is -2.30. The molecular formula is C15H21N3O5S. The molecule has 0 saturated carbocycles. The number of sulfonamides is 1. The molecule has 2 rings (SSSR count). The number of nitro benzene ring substituents is 1. The summed E-state index contributed by atoms with van der Waals surface area (Å²) < 4.78 is 26.9. The predicted octanol–water partition coefficient (Wildman–Crippen LogP) is 1.44. The maximum atomic E-state index is 12.8. The van der Waals surface area contributed by atoms with Crippen LogP contribution in [-0.2, 0) is 14.8 Å². The van der Waals surface area contributed by atoms with Gasteiger partial charge in [0, 0.05) is 37.7 Å². The fourth-order valence-corrected chi connectivity index (χ4v) is 4.51. The lowest BCUT2D eigenvalue weighted by molar-refractivity contribution is -0.385. The van der Waals surface area contributed by atoms with Crippen LogP contribution in [0.1, 0.15) is 25.3 Å². The molecule has 0 aliphatic carbocycles. The van der Waals surface area contributed by atoms with Gasteiger partial charge < -0.3 is 5.32 Å². The molecule has 0 radical (unpaired) electrons. The number of rotatable bonds is 5. The third kappa shape index (κ3) is 3.73. The smallest absolute Gasteiger partial charge is 0.270 e. The highest BCUT2D eigenvalue weighted by Crippen LogP contribution is 2.28. The van der Waals surface area contributed by atoms with E-state index in [0.717, 1.165) is 6.07 Å². The van der Waals surface area contributed by atoms with Crippen molar-refractivity contribution in [3.05, 3.63) is 33.9 Å². The molecule has 24 heavy (non-hydrogen) atoms. The maximum absolute atomic E-state index is 12.8. The van der Waals surface area contributed by atoms with Gasteiger partial charge in [-0.25, -0.2) is 8.42 Å². The summed E-state index contributed by atoms with van der Waals surface area (Å²) in [6.45, 7) is 4.45. The van der Waals surface area contributed by atoms with E-state index in [2.05, 4.69) is 5.32 Å². The van der Waals surface area contributed by atoms with Gasteiger partial charge in [0.05, 0.1) is 9.82 Å². The zero-order valence-electron chi connectivity index (χ0n) is 13.7. The van der Waals surface area contributed by atoms with Crippen molar-refractivity contribution in [1.82, 2.24) is 9.62 Å². The number of nitro groups is 1. The predicted molar refractivity (Wildman–Crippen MR) is 88.0 cm³/mol. The normalized spacial score (nSPS) is 16.8. The number of benzene rings is 1. The van der Waals surface area contributed by atoms with Crippen LogP contribution in [0.15, 0.2) is 23.1 Å². The fraction of sp³-hybridized carbons (Fsp3) is 0.533. The molecule has 8 nitrogen and oxygen atoms in total. The van der Waals surface area contributed by atoms with E-state index in [4.69, 9.17) is 0 Å². The van der Waals surface area contributed by atoms with Crippen LogP contribution in [0, 0.1) is 23.0 Å². The van der Waals surface area contributed by atoms with Gasteiger partial charge >= 0.3 is 0 Å². The van der Waals surface area contributed by atoms with Crippen LogP contribution in [0.2, 0.25) is 0 Å². The minimum atomic E-state index is -3.81. The summed E-state index contributed by atoms with van der Waals surface area (Å²) in [7, 11) is -3.81. The van der Waals surface area contributed by atoms with Crippen molar-refractivity contribution in [2.75, 3.05) is 19.6 Å². The first-order chi connectivity index (χ1) is 11.3. The number of amides is 1.